The van der Waals surface area contributed by atoms with Crippen molar-refractivity contribution in [3.05, 3.63) is 72.5 Å². The summed E-state index contributed by atoms with van der Waals surface area (Å²) in [5, 5.41) is 21.5. The molecule has 0 fully saturated rings. The third-order valence-corrected chi connectivity index (χ3v) is 3.83. The Morgan fingerprint density at radius 1 is 1.17 bits per heavy atom. The van der Waals surface area contributed by atoms with Crippen LogP contribution in [0.2, 0.25) is 0 Å². The van der Waals surface area contributed by atoms with Crippen LogP contribution in [0.3, 0.4) is 0 Å². The number of hydrogen-bond acceptors (Lipinski definition) is 4. The van der Waals surface area contributed by atoms with Crippen molar-refractivity contribution < 1.29 is 19.7 Å². The number of hydrogen-bond donors (Lipinski definition) is 2. The van der Waals surface area contributed by atoms with Gasteiger partial charge in [0.15, 0.2) is 0 Å². The molecule has 0 saturated heterocycles. The molecule has 0 amide bonds. The van der Waals surface area contributed by atoms with Gasteiger partial charge in [-0.25, -0.2) is 0 Å². The van der Waals surface area contributed by atoms with Crippen molar-refractivity contribution in [2.45, 2.75) is 6.10 Å². The van der Waals surface area contributed by atoms with Gasteiger partial charge >= 0.3 is 0 Å². The van der Waals surface area contributed by atoms with E-state index < -0.39 is 6.10 Å². The number of rotatable bonds is 5. The zero-order valence-corrected chi connectivity index (χ0v) is 12.7. The lowest BCUT2D eigenvalue weighted by Gasteiger charge is -2.27. The van der Waals surface area contributed by atoms with Crippen LogP contribution in [-0.4, -0.2) is 23.4 Å². The molecule has 1 heterocycles. The number of fused-ring (bicyclic) bond motifs is 3. The Balaban J connectivity index is 2.25. The van der Waals surface area contributed by atoms with Crippen LogP contribution in [0, 0.1) is 0 Å². The number of ether oxygens (including phenoxy) is 2. The highest BCUT2D eigenvalue weighted by molar-refractivity contribution is 5.94. The predicted molar refractivity (Wildman–Crippen MR) is 89.5 cm³/mol. The van der Waals surface area contributed by atoms with E-state index in [2.05, 4.69) is 13.2 Å². The van der Waals surface area contributed by atoms with Gasteiger partial charge in [0.05, 0.1) is 6.61 Å². The Kier molecular flexibility index (Phi) is 4.19. The van der Waals surface area contributed by atoms with E-state index >= 15 is 0 Å². The molecule has 1 unspecified atom stereocenters. The first-order valence-electron chi connectivity index (χ1n) is 7.35. The molecule has 1 aliphatic rings. The van der Waals surface area contributed by atoms with Crippen molar-refractivity contribution in [2.75, 3.05) is 13.2 Å². The van der Waals surface area contributed by atoms with Crippen molar-refractivity contribution in [3.8, 4) is 11.5 Å². The summed E-state index contributed by atoms with van der Waals surface area (Å²) in [6.45, 7) is 7.57. The third kappa shape index (κ3) is 2.52. The molecule has 0 spiro atoms. The highest BCUT2D eigenvalue weighted by Gasteiger charge is 2.28. The summed E-state index contributed by atoms with van der Waals surface area (Å²) in [5.74, 6) is 1.65. The second kappa shape index (κ2) is 6.28. The average molecular weight is 310 g/mol. The van der Waals surface area contributed by atoms with Crippen molar-refractivity contribution in [1.82, 2.24) is 0 Å². The average Bonchev–Trinajstić information content (AvgIpc) is 2.59. The van der Waals surface area contributed by atoms with Gasteiger partial charge < -0.3 is 19.7 Å². The molecule has 0 aromatic heterocycles. The summed E-state index contributed by atoms with van der Waals surface area (Å²) in [4.78, 5) is 0. The molecule has 1 aliphatic heterocycles. The van der Waals surface area contributed by atoms with Gasteiger partial charge in [0, 0.05) is 16.5 Å². The fourth-order valence-electron chi connectivity index (χ4n) is 2.83. The molecule has 3 rings (SSSR count). The van der Waals surface area contributed by atoms with Crippen molar-refractivity contribution in [3.63, 3.8) is 0 Å². The second-order valence-corrected chi connectivity index (χ2v) is 5.14. The SMILES string of the molecule is C=CC1=C(C=C)C(O)c2c(ccc3cccc(OCCO)c23)O1. The molecule has 0 radical (unpaired) electrons. The van der Waals surface area contributed by atoms with Crippen LogP contribution in [0.5, 0.6) is 11.5 Å². The zero-order chi connectivity index (χ0) is 16.4. The van der Waals surface area contributed by atoms with Crippen molar-refractivity contribution in [1.29, 1.82) is 0 Å². The molecule has 4 nitrogen and oxygen atoms in total. The van der Waals surface area contributed by atoms with Gasteiger partial charge in [-0.3, -0.25) is 0 Å². The lowest BCUT2D eigenvalue weighted by atomic mass is 9.91. The van der Waals surface area contributed by atoms with Gasteiger partial charge in [0.25, 0.3) is 0 Å². The predicted octanol–water partition coefficient (Wildman–Crippen LogP) is 3.26. The number of benzene rings is 2. The molecule has 23 heavy (non-hydrogen) atoms. The fraction of sp³-hybridized carbons (Fsp3) is 0.158. The highest BCUT2D eigenvalue weighted by atomic mass is 16.5. The Morgan fingerprint density at radius 2 is 2.00 bits per heavy atom. The molecule has 118 valence electrons. The third-order valence-electron chi connectivity index (χ3n) is 3.83. The van der Waals surface area contributed by atoms with Gasteiger partial charge in [0.1, 0.15) is 30.0 Å². The number of aliphatic hydroxyl groups is 2. The van der Waals surface area contributed by atoms with Crippen LogP contribution in [-0.2, 0) is 0 Å². The van der Waals surface area contributed by atoms with E-state index in [9.17, 15) is 5.11 Å². The van der Waals surface area contributed by atoms with E-state index in [0.29, 0.717) is 28.4 Å². The highest BCUT2D eigenvalue weighted by Crippen LogP contribution is 2.45. The lowest BCUT2D eigenvalue weighted by Crippen LogP contribution is -2.14. The minimum Gasteiger partial charge on any atom is -0.491 e. The lowest BCUT2D eigenvalue weighted by molar-refractivity contribution is 0.196. The Hall–Kier alpha value is -2.56. The molecule has 0 bridgehead atoms. The second-order valence-electron chi connectivity index (χ2n) is 5.14. The smallest absolute Gasteiger partial charge is 0.134 e. The summed E-state index contributed by atoms with van der Waals surface area (Å²) >= 11 is 0. The van der Waals surface area contributed by atoms with E-state index in [1.807, 2.05) is 30.3 Å². The zero-order valence-electron chi connectivity index (χ0n) is 12.7. The van der Waals surface area contributed by atoms with Crippen molar-refractivity contribution in [2.24, 2.45) is 0 Å². The monoisotopic (exact) mass is 310 g/mol. The Bertz CT molecular complexity index is 804. The summed E-state index contributed by atoms with van der Waals surface area (Å²) < 4.78 is 11.5. The largest absolute Gasteiger partial charge is 0.491 e. The molecule has 1 atom stereocenters. The Morgan fingerprint density at radius 3 is 2.70 bits per heavy atom. The summed E-state index contributed by atoms with van der Waals surface area (Å²) in [5.41, 5.74) is 1.20. The maximum atomic E-state index is 10.8. The first-order valence-corrected chi connectivity index (χ1v) is 7.35. The molecule has 2 aromatic carbocycles. The van der Waals surface area contributed by atoms with Crippen LogP contribution in [0.1, 0.15) is 11.7 Å². The van der Waals surface area contributed by atoms with Crippen LogP contribution < -0.4 is 9.47 Å². The van der Waals surface area contributed by atoms with E-state index in [0.717, 1.165) is 10.8 Å². The number of aliphatic hydroxyl groups excluding tert-OH is 2. The van der Waals surface area contributed by atoms with Crippen LogP contribution >= 0.6 is 0 Å². The van der Waals surface area contributed by atoms with Crippen molar-refractivity contribution >= 4 is 10.8 Å². The quantitative estimate of drug-likeness (QED) is 0.890. The Labute approximate surface area is 134 Å². The van der Waals surface area contributed by atoms with E-state index in [4.69, 9.17) is 14.6 Å². The molecular formula is C19H18O4. The minimum atomic E-state index is -0.883. The molecule has 4 heteroatoms. The maximum Gasteiger partial charge on any atom is 0.134 e. The molecular weight excluding hydrogens is 292 g/mol. The first-order chi connectivity index (χ1) is 11.2. The van der Waals surface area contributed by atoms with Crippen LogP contribution in [0.25, 0.3) is 10.8 Å². The van der Waals surface area contributed by atoms with Crippen LogP contribution in [0.4, 0.5) is 0 Å². The van der Waals surface area contributed by atoms with Gasteiger partial charge in [-0.2, -0.15) is 0 Å². The first kappa shape index (κ1) is 15.3. The van der Waals surface area contributed by atoms with E-state index in [1.165, 1.54) is 0 Å². The van der Waals surface area contributed by atoms with Gasteiger partial charge in [-0.05, 0) is 23.6 Å². The standard InChI is InChI=1S/C19H18O4/c1-3-13-14(4-2)23-16-9-8-12-6-5-7-15(22-11-10-20)17(12)18(16)19(13)21/h3-9,19-21H,1-2,10-11H2. The summed E-state index contributed by atoms with van der Waals surface area (Å²) in [7, 11) is 0. The molecule has 0 saturated carbocycles. The molecule has 2 N–H and O–H groups in total. The summed E-state index contributed by atoms with van der Waals surface area (Å²) in [6.07, 6.45) is 2.24. The minimum absolute atomic E-state index is 0.0805. The van der Waals surface area contributed by atoms with Gasteiger partial charge in [-0.15, -0.1) is 0 Å². The maximum absolute atomic E-state index is 10.8. The summed E-state index contributed by atoms with van der Waals surface area (Å²) in [6, 6.07) is 9.35. The number of allylic oxidation sites excluding steroid dienone is 1. The van der Waals surface area contributed by atoms with Crippen LogP contribution in [0.15, 0.2) is 67.0 Å². The topological polar surface area (TPSA) is 58.9 Å². The van der Waals surface area contributed by atoms with Gasteiger partial charge in [-0.1, -0.05) is 37.4 Å². The van der Waals surface area contributed by atoms with E-state index in [1.54, 1.807) is 12.2 Å². The fourth-order valence-corrected chi connectivity index (χ4v) is 2.83. The molecule has 0 aliphatic carbocycles. The van der Waals surface area contributed by atoms with Gasteiger partial charge in [0.2, 0.25) is 0 Å². The normalized spacial score (nSPS) is 16.7. The van der Waals surface area contributed by atoms with E-state index in [-0.39, 0.29) is 13.2 Å². The molecule has 2 aromatic rings.